The van der Waals surface area contributed by atoms with Crippen molar-refractivity contribution >= 4 is 23.3 Å². The molecule has 2 heterocycles. The van der Waals surface area contributed by atoms with E-state index in [-0.39, 0.29) is 5.78 Å². The number of aromatic nitrogens is 2. The number of benzene rings is 3. The molecule has 4 aromatic rings. The predicted octanol–water partition coefficient (Wildman–Crippen LogP) is 3.78. The summed E-state index contributed by atoms with van der Waals surface area (Å²) in [5.41, 5.74) is 3.76. The second-order valence-corrected chi connectivity index (χ2v) is 9.51. The van der Waals surface area contributed by atoms with Crippen LogP contribution in [0.5, 0.6) is 5.75 Å². The summed E-state index contributed by atoms with van der Waals surface area (Å²) in [5.74, 6) is -0.711. The van der Waals surface area contributed by atoms with Gasteiger partial charge in [-0.15, -0.1) is 0 Å². The highest BCUT2D eigenvalue weighted by Gasteiger charge is 2.42. The van der Waals surface area contributed by atoms with Gasteiger partial charge in [-0.05, 0) is 36.8 Å². The molecule has 0 amide bonds. The summed E-state index contributed by atoms with van der Waals surface area (Å²) in [6.45, 7) is 1.94. The Bertz CT molecular complexity index is 1810. The fourth-order valence-corrected chi connectivity index (χ4v) is 5.17. The number of allylic oxidation sites excluding steroid dienone is 1. The first-order valence-corrected chi connectivity index (χ1v) is 12.1. The molecule has 188 valence electrons. The second kappa shape index (κ2) is 8.55. The van der Waals surface area contributed by atoms with Crippen LogP contribution in [0.25, 0.3) is 5.70 Å². The summed E-state index contributed by atoms with van der Waals surface area (Å²) < 4.78 is 7.98. The molecule has 0 bridgehead atoms. The van der Waals surface area contributed by atoms with Crippen LogP contribution in [0.4, 0.5) is 5.82 Å². The van der Waals surface area contributed by atoms with E-state index in [1.165, 1.54) is 11.6 Å². The number of ether oxygens (including phenoxy) is 1. The highest BCUT2D eigenvalue weighted by atomic mass is 16.5. The van der Waals surface area contributed by atoms with Gasteiger partial charge in [0.1, 0.15) is 11.6 Å². The average Bonchev–Trinajstić information content (AvgIpc) is 3.22. The maximum atomic E-state index is 13.6. The molecular weight excluding hydrogens is 482 g/mol. The smallest absolute Gasteiger partial charge is 0.343 e. The minimum Gasteiger partial charge on any atom is -0.423 e. The van der Waals surface area contributed by atoms with E-state index < -0.39 is 23.1 Å². The Labute approximate surface area is 217 Å². The number of rotatable bonds is 3. The third-order valence-electron chi connectivity index (χ3n) is 7.19. The maximum absolute atomic E-state index is 13.6. The van der Waals surface area contributed by atoms with E-state index in [9.17, 15) is 19.2 Å². The fraction of sp³-hybridized carbons (Fsp3) is 0.133. The lowest BCUT2D eigenvalue weighted by Crippen LogP contribution is -2.42. The molecule has 3 aromatic carbocycles. The number of fused-ring (bicyclic) bond motifs is 3. The second-order valence-electron chi connectivity index (χ2n) is 9.51. The van der Waals surface area contributed by atoms with E-state index in [0.717, 1.165) is 15.7 Å². The zero-order valence-corrected chi connectivity index (χ0v) is 20.9. The molecule has 8 nitrogen and oxygen atoms in total. The van der Waals surface area contributed by atoms with Gasteiger partial charge in [0, 0.05) is 36.7 Å². The van der Waals surface area contributed by atoms with Gasteiger partial charge in [0.05, 0.1) is 16.8 Å². The number of carbonyl (C=O) groups excluding carboxylic acids is 2. The molecule has 38 heavy (non-hydrogen) atoms. The molecule has 0 spiro atoms. The molecule has 1 atom stereocenters. The van der Waals surface area contributed by atoms with Crippen molar-refractivity contribution in [3.63, 3.8) is 0 Å². The van der Waals surface area contributed by atoms with Crippen LogP contribution in [0, 0.1) is 6.92 Å². The molecule has 0 radical (unpaired) electrons. The lowest BCUT2D eigenvalue weighted by Gasteiger charge is -2.29. The molecule has 1 aliphatic carbocycles. The van der Waals surface area contributed by atoms with Gasteiger partial charge in [-0.25, -0.2) is 9.59 Å². The van der Waals surface area contributed by atoms with Crippen molar-refractivity contribution in [2.45, 2.75) is 12.8 Å². The third-order valence-corrected chi connectivity index (χ3v) is 7.19. The largest absolute Gasteiger partial charge is 0.423 e. The highest BCUT2D eigenvalue weighted by molar-refractivity contribution is 6.23. The summed E-state index contributed by atoms with van der Waals surface area (Å²) in [6.07, 6.45) is 0. The van der Waals surface area contributed by atoms with Crippen LogP contribution in [-0.4, -0.2) is 20.9 Å². The van der Waals surface area contributed by atoms with Crippen LogP contribution in [0.2, 0.25) is 0 Å². The molecule has 8 heteroatoms. The number of carbonyl (C=O) groups is 2. The van der Waals surface area contributed by atoms with E-state index in [2.05, 4.69) is 5.32 Å². The van der Waals surface area contributed by atoms with Crippen LogP contribution in [0.15, 0.2) is 88.0 Å². The van der Waals surface area contributed by atoms with Gasteiger partial charge in [-0.3, -0.25) is 18.7 Å². The first-order valence-electron chi connectivity index (χ1n) is 12.1. The van der Waals surface area contributed by atoms with Crippen molar-refractivity contribution < 1.29 is 14.3 Å². The number of ketones is 1. The van der Waals surface area contributed by atoms with E-state index in [1.54, 1.807) is 55.6 Å². The molecule has 1 N–H and O–H groups in total. The maximum Gasteiger partial charge on any atom is 0.343 e. The lowest BCUT2D eigenvalue weighted by atomic mass is 9.81. The Balaban J connectivity index is 1.46. The monoisotopic (exact) mass is 505 g/mol. The Morgan fingerprint density at radius 3 is 2.18 bits per heavy atom. The SMILES string of the molecule is Cc1ccc(C(=O)Oc2ccc(C3C4=C(Nc5c3c(=O)n(C)c(=O)n5C)c3ccccc3C4=O)cc2)cc1. The molecule has 6 rings (SSSR count). The van der Waals surface area contributed by atoms with Gasteiger partial charge < -0.3 is 10.1 Å². The minimum atomic E-state index is -0.728. The minimum absolute atomic E-state index is 0.176. The van der Waals surface area contributed by atoms with E-state index in [0.29, 0.717) is 45.1 Å². The Hall–Kier alpha value is -4.98. The number of hydrogen-bond acceptors (Lipinski definition) is 6. The standard InChI is InChI=1S/C30H23N3O5/c1-16-8-10-18(11-9-16)29(36)38-19-14-12-17(13-15-19)22-23-25(20-6-4-5-7-21(20)26(23)34)31-27-24(22)28(35)33(3)30(37)32(27)2/h4-15,22,31H,1-3H3. The van der Waals surface area contributed by atoms with Gasteiger partial charge in [0.15, 0.2) is 5.78 Å². The van der Waals surface area contributed by atoms with Gasteiger partial charge in [-0.1, -0.05) is 54.1 Å². The number of esters is 1. The molecule has 0 saturated carbocycles. The van der Waals surface area contributed by atoms with Crippen molar-refractivity contribution in [3.05, 3.63) is 133 Å². The van der Waals surface area contributed by atoms with Crippen molar-refractivity contribution in [2.24, 2.45) is 14.1 Å². The molecule has 1 unspecified atom stereocenters. The number of nitrogens with one attached hydrogen (secondary N) is 1. The number of Topliss-reactive ketones (excluding diaryl/α,β-unsaturated/α-hetero) is 1. The van der Waals surface area contributed by atoms with Crippen molar-refractivity contribution in [1.82, 2.24) is 9.13 Å². The molecule has 1 aromatic heterocycles. The average molecular weight is 506 g/mol. The molecular formula is C30H23N3O5. The quantitative estimate of drug-likeness (QED) is 0.336. The summed E-state index contributed by atoms with van der Waals surface area (Å²) in [6, 6.07) is 21.1. The van der Waals surface area contributed by atoms with Crippen molar-refractivity contribution in [2.75, 3.05) is 5.32 Å². The van der Waals surface area contributed by atoms with E-state index in [4.69, 9.17) is 4.74 Å². The van der Waals surface area contributed by atoms with Crippen LogP contribution in [0.1, 0.15) is 48.9 Å². The van der Waals surface area contributed by atoms with Crippen molar-refractivity contribution in [3.8, 4) is 5.75 Å². The van der Waals surface area contributed by atoms with Crippen LogP contribution < -0.4 is 21.3 Å². The van der Waals surface area contributed by atoms with Gasteiger partial charge in [0.25, 0.3) is 5.56 Å². The van der Waals surface area contributed by atoms with Crippen LogP contribution >= 0.6 is 0 Å². The van der Waals surface area contributed by atoms with Crippen LogP contribution in [0.3, 0.4) is 0 Å². The molecule has 0 fully saturated rings. The Kier molecular flexibility index (Phi) is 5.27. The number of aryl methyl sites for hydroxylation is 1. The summed E-state index contributed by atoms with van der Waals surface area (Å²) in [4.78, 5) is 52.4. The predicted molar refractivity (Wildman–Crippen MR) is 143 cm³/mol. The van der Waals surface area contributed by atoms with Crippen LogP contribution in [-0.2, 0) is 14.1 Å². The summed E-state index contributed by atoms with van der Waals surface area (Å²) in [5, 5.41) is 3.22. The third kappa shape index (κ3) is 3.45. The lowest BCUT2D eigenvalue weighted by molar-refractivity contribution is 0.0734. The first kappa shape index (κ1) is 23.4. The Morgan fingerprint density at radius 2 is 1.50 bits per heavy atom. The zero-order chi connectivity index (χ0) is 26.7. The molecule has 0 saturated heterocycles. The summed E-state index contributed by atoms with van der Waals surface area (Å²) in [7, 11) is 3.01. The molecule has 1 aliphatic heterocycles. The molecule has 2 aliphatic rings. The van der Waals surface area contributed by atoms with E-state index in [1.807, 2.05) is 31.2 Å². The fourth-order valence-electron chi connectivity index (χ4n) is 5.17. The zero-order valence-electron chi connectivity index (χ0n) is 20.9. The number of nitrogens with zero attached hydrogens (tertiary/aromatic N) is 2. The van der Waals surface area contributed by atoms with Crippen molar-refractivity contribution in [1.29, 1.82) is 0 Å². The summed E-state index contributed by atoms with van der Waals surface area (Å²) >= 11 is 0. The Morgan fingerprint density at radius 1 is 0.842 bits per heavy atom. The highest BCUT2D eigenvalue weighted by Crippen LogP contribution is 2.47. The van der Waals surface area contributed by atoms with E-state index >= 15 is 0 Å². The van der Waals surface area contributed by atoms with Gasteiger partial charge >= 0.3 is 11.7 Å². The van der Waals surface area contributed by atoms with Gasteiger partial charge in [-0.2, -0.15) is 0 Å². The number of anilines is 1. The number of hydrogen-bond donors (Lipinski definition) is 1. The van der Waals surface area contributed by atoms with Gasteiger partial charge in [0.2, 0.25) is 0 Å². The first-order chi connectivity index (χ1) is 18.3. The topological polar surface area (TPSA) is 99.4 Å². The normalized spacial score (nSPS) is 15.4.